The fourth-order valence-corrected chi connectivity index (χ4v) is 2.93. The summed E-state index contributed by atoms with van der Waals surface area (Å²) in [6.07, 6.45) is 0.650. The number of hydrogen-bond acceptors (Lipinski definition) is 4. The second-order valence-corrected chi connectivity index (χ2v) is 6.28. The quantitative estimate of drug-likeness (QED) is 0.767. The summed E-state index contributed by atoms with van der Waals surface area (Å²) in [6.45, 7) is 1.25. The zero-order valence-electron chi connectivity index (χ0n) is 14.6. The first-order valence-electron chi connectivity index (χ1n) is 8.28. The van der Waals surface area contributed by atoms with Gasteiger partial charge in [-0.3, -0.25) is 14.4 Å². The van der Waals surface area contributed by atoms with E-state index in [1.165, 1.54) is 4.90 Å². The van der Waals surface area contributed by atoms with Gasteiger partial charge in [0.15, 0.2) is 0 Å². The molecule has 1 aliphatic heterocycles. The van der Waals surface area contributed by atoms with E-state index in [1.54, 1.807) is 19.1 Å². The molecule has 0 spiro atoms. The first-order valence-corrected chi connectivity index (χ1v) is 8.28. The van der Waals surface area contributed by atoms with Gasteiger partial charge in [-0.25, -0.2) is 0 Å². The first kappa shape index (κ1) is 18.8. The van der Waals surface area contributed by atoms with Crippen LogP contribution in [-0.4, -0.2) is 59.9 Å². The number of ether oxygens (including phenoxy) is 1. The molecule has 0 aliphatic carbocycles. The molecule has 1 aliphatic rings. The summed E-state index contributed by atoms with van der Waals surface area (Å²) in [4.78, 5) is 38.4. The molecule has 2 rings (SSSR count). The van der Waals surface area contributed by atoms with Crippen LogP contribution in [0, 0.1) is 5.92 Å². The van der Waals surface area contributed by atoms with Crippen LogP contribution in [0.4, 0.5) is 0 Å². The molecule has 1 saturated heterocycles. The van der Waals surface area contributed by atoms with Crippen molar-refractivity contribution in [2.45, 2.75) is 25.8 Å². The lowest BCUT2D eigenvalue weighted by Gasteiger charge is -2.21. The summed E-state index contributed by atoms with van der Waals surface area (Å²) in [5.41, 5.74) is 0.983. The van der Waals surface area contributed by atoms with E-state index in [0.717, 1.165) is 11.3 Å². The van der Waals surface area contributed by atoms with Crippen molar-refractivity contribution in [1.29, 1.82) is 0 Å². The Kier molecular flexibility index (Phi) is 6.38. The van der Waals surface area contributed by atoms with E-state index < -0.39 is 5.97 Å². The number of carbonyl (C=O) groups is 3. The fourth-order valence-electron chi connectivity index (χ4n) is 2.93. The normalized spacial score (nSPS) is 16.8. The molecule has 25 heavy (non-hydrogen) atoms. The van der Waals surface area contributed by atoms with Crippen LogP contribution < -0.4 is 4.74 Å². The Morgan fingerprint density at radius 1 is 1.32 bits per heavy atom. The van der Waals surface area contributed by atoms with Gasteiger partial charge in [-0.05, 0) is 24.1 Å². The molecule has 0 bridgehead atoms. The fraction of sp³-hybridized carbons (Fsp3) is 0.500. The third kappa shape index (κ3) is 5.20. The molecule has 1 aromatic rings. The number of methoxy groups -OCH3 is 1. The molecule has 7 nitrogen and oxygen atoms in total. The van der Waals surface area contributed by atoms with Crippen molar-refractivity contribution in [3.05, 3.63) is 29.8 Å². The van der Waals surface area contributed by atoms with Gasteiger partial charge in [0.2, 0.25) is 11.8 Å². The van der Waals surface area contributed by atoms with Gasteiger partial charge < -0.3 is 19.6 Å². The Labute approximate surface area is 147 Å². The number of benzene rings is 1. The largest absolute Gasteiger partial charge is 0.497 e. The number of amides is 2. The second kappa shape index (κ2) is 8.50. The monoisotopic (exact) mass is 348 g/mol. The van der Waals surface area contributed by atoms with Gasteiger partial charge in [0.1, 0.15) is 5.75 Å². The molecule has 1 N–H and O–H groups in total. The summed E-state index contributed by atoms with van der Waals surface area (Å²) >= 11 is 0. The highest BCUT2D eigenvalue weighted by Crippen LogP contribution is 2.23. The van der Waals surface area contributed by atoms with Gasteiger partial charge in [0.05, 0.1) is 13.0 Å². The van der Waals surface area contributed by atoms with Crippen LogP contribution in [0.25, 0.3) is 0 Å². The number of carbonyl (C=O) groups excluding carboxylic acids is 2. The number of aliphatic carboxylic acids is 1. The zero-order chi connectivity index (χ0) is 18.4. The maximum atomic E-state index is 12.4. The van der Waals surface area contributed by atoms with Gasteiger partial charge in [-0.1, -0.05) is 12.1 Å². The highest BCUT2D eigenvalue weighted by Gasteiger charge is 2.35. The second-order valence-electron chi connectivity index (χ2n) is 6.28. The van der Waals surface area contributed by atoms with Gasteiger partial charge in [-0.2, -0.15) is 0 Å². The van der Waals surface area contributed by atoms with Gasteiger partial charge in [0.25, 0.3) is 0 Å². The van der Waals surface area contributed by atoms with E-state index in [2.05, 4.69) is 0 Å². The van der Waals surface area contributed by atoms with Crippen molar-refractivity contribution in [2.75, 3.05) is 27.2 Å². The minimum Gasteiger partial charge on any atom is -0.497 e. The van der Waals surface area contributed by atoms with Crippen LogP contribution in [-0.2, 0) is 20.9 Å². The van der Waals surface area contributed by atoms with Crippen LogP contribution in [0.3, 0.4) is 0 Å². The maximum absolute atomic E-state index is 12.4. The predicted octanol–water partition coefficient (Wildman–Crippen LogP) is 1.37. The van der Waals surface area contributed by atoms with Crippen LogP contribution in [0.1, 0.15) is 24.8 Å². The van der Waals surface area contributed by atoms with E-state index >= 15 is 0 Å². The number of rotatable bonds is 8. The topological polar surface area (TPSA) is 87.2 Å². The Morgan fingerprint density at radius 3 is 2.60 bits per heavy atom. The molecular weight excluding hydrogens is 324 g/mol. The Morgan fingerprint density at radius 2 is 2.00 bits per heavy atom. The number of nitrogens with zero attached hydrogens (tertiary/aromatic N) is 2. The summed E-state index contributed by atoms with van der Waals surface area (Å²) < 4.78 is 5.11. The highest BCUT2D eigenvalue weighted by molar-refractivity contribution is 5.89. The zero-order valence-corrected chi connectivity index (χ0v) is 14.6. The van der Waals surface area contributed by atoms with Crippen LogP contribution in [0.2, 0.25) is 0 Å². The molecule has 1 aromatic carbocycles. The third-order valence-corrected chi connectivity index (χ3v) is 4.36. The molecule has 136 valence electrons. The van der Waals surface area contributed by atoms with Crippen LogP contribution in [0.15, 0.2) is 24.3 Å². The smallest absolute Gasteiger partial charge is 0.303 e. The predicted molar refractivity (Wildman–Crippen MR) is 91.0 cm³/mol. The Balaban J connectivity index is 1.87. The first-order chi connectivity index (χ1) is 11.9. The van der Waals surface area contributed by atoms with E-state index in [9.17, 15) is 14.4 Å². The Hall–Kier alpha value is -2.57. The van der Waals surface area contributed by atoms with Gasteiger partial charge in [0, 0.05) is 39.5 Å². The molecule has 2 amide bonds. The van der Waals surface area contributed by atoms with Crippen molar-refractivity contribution in [3.8, 4) is 5.75 Å². The lowest BCUT2D eigenvalue weighted by Crippen LogP contribution is -2.35. The Bertz CT molecular complexity index is 629. The molecule has 0 saturated carbocycles. The highest BCUT2D eigenvalue weighted by atomic mass is 16.5. The van der Waals surface area contributed by atoms with Crippen LogP contribution in [0.5, 0.6) is 5.75 Å². The minimum atomic E-state index is -0.873. The van der Waals surface area contributed by atoms with Gasteiger partial charge in [-0.15, -0.1) is 0 Å². The lowest BCUT2D eigenvalue weighted by atomic mass is 10.1. The number of carboxylic acids is 1. The van der Waals surface area contributed by atoms with Crippen molar-refractivity contribution in [2.24, 2.45) is 5.92 Å². The average Bonchev–Trinajstić information content (AvgIpc) is 2.95. The molecular formula is C18H24N2O5. The van der Waals surface area contributed by atoms with Crippen LogP contribution >= 0.6 is 0 Å². The lowest BCUT2D eigenvalue weighted by molar-refractivity contribution is -0.138. The van der Waals surface area contributed by atoms with Crippen molar-refractivity contribution in [1.82, 2.24) is 9.80 Å². The van der Waals surface area contributed by atoms with E-state index in [-0.39, 0.29) is 30.6 Å². The van der Waals surface area contributed by atoms with E-state index in [4.69, 9.17) is 9.84 Å². The summed E-state index contributed by atoms with van der Waals surface area (Å²) in [5.74, 6) is -0.611. The minimum absolute atomic E-state index is 0.0326. The summed E-state index contributed by atoms with van der Waals surface area (Å²) in [7, 11) is 3.25. The summed E-state index contributed by atoms with van der Waals surface area (Å²) in [5, 5.41) is 8.66. The average molecular weight is 348 g/mol. The van der Waals surface area contributed by atoms with Crippen molar-refractivity contribution in [3.63, 3.8) is 0 Å². The SMILES string of the molecule is COc1ccc(CN2CC(C(=O)N(C)CCCC(=O)O)CC2=O)cc1. The molecule has 0 radical (unpaired) electrons. The third-order valence-electron chi connectivity index (χ3n) is 4.36. The molecule has 0 aromatic heterocycles. The number of likely N-dealkylation sites (tertiary alicyclic amines) is 1. The molecule has 1 heterocycles. The molecule has 1 fully saturated rings. The molecule has 1 atom stereocenters. The molecule has 7 heteroatoms. The van der Waals surface area contributed by atoms with Crippen molar-refractivity contribution >= 4 is 17.8 Å². The summed E-state index contributed by atoms with van der Waals surface area (Å²) in [6, 6.07) is 7.49. The standard InChI is InChI=1S/C18H24N2O5/c1-19(9-3-4-17(22)23)18(24)14-10-16(21)20(12-14)11-13-5-7-15(25-2)8-6-13/h5-8,14H,3-4,9-12H2,1-2H3,(H,22,23). The van der Waals surface area contributed by atoms with E-state index in [0.29, 0.717) is 26.1 Å². The number of carboxylic acid groups (broad SMARTS) is 1. The maximum Gasteiger partial charge on any atom is 0.303 e. The van der Waals surface area contributed by atoms with Gasteiger partial charge >= 0.3 is 5.97 Å². The number of hydrogen-bond donors (Lipinski definition) is 1. The molecule has 1 unspecified atom stereocenters. The van der Waals surface area contributed by atoms with E-state index in [1.807, 2.05) is 24.3 Å². The van der Waals surface area contributed by atoms with Crippen molar-refractivity contribution < 1.29 is 24.2 Å².